The lowest BCUT2D eigenvalue weighted by Gasteiger charge is -2.14. The van der Waals surface area contributed by atoms with Crippen molar-refractivity contribution in [2.24, 2.45) is 0 Å². The van der Waals surface area contributed by atoms with Crippen LogP contribution in [0, 0.1) is 0 Å². The average molecular weight is 334 g/mol. The predicted molar refractivity (Wildman–Crippen MR) is 72.8 cm³/mol. The third-order valence-corrected chi connectivity index (χ3v) is 3.57. The summed E-state index contributed by atoms with van der Waals surface area (Å²) < 4.78 is 63.7. The highest BCUT2D eigenvalue weighted by molar-refractivity contribution is 7.88. The molecule has 0 aliphatic rings. The van der Waals surface area contributed by atoms with E-state index < -0.39 is 27.8 Å². The third kappa shape index (κ3) is 3.83. The zero-order valence-electron chi connectivity index (χ0n) is 11.7. The van der Waals surface area contributed by atoms with Crippen LogP contribution in [0.3, 0.4) is 0 Å². The van der Waals surface area contributed by atoms with Gasteiger partial charge in [-0.05, 0) is 31.2 Å². The topological polar surface area (TPSA) is 76.9 Å². The third-order valence-electron chi connectivity index (χ3n) is 2.79. The summed E-state index contributed by atoms with van der Waals surface area (Å²) in [6, 6.07) is 3.66. The van der Waals surface area contributed by atoms with E-state index in [0.717, 1.165) is 18.4 Å². The van der Waals surface area contributed by atoms with E-state index in [4.69, 9.17) is 0 Å². The molecule has 1 N–H and O–H groups in total. The van der Waals surface area contributed by atoms with Crippen molar-refractivity contribution in [1.82, 2.24) is 19.5 Å². The van der Waals surface area contributed by atoms with Gasteiger partial charge in [-0.15, -0.1) is 0 Å². The molecular formula is C12H13F3N4O2S. The Kier molecular flexibility index (Phi) is 4.25. The van der Waals surface area contributed by atoms with Crippen molar-refractivity contribution in [1.29, 1.82) is 0 Å². The van der Waals surface area contributed by atoms with E-state index in [-0.39, 0.29) is 5.82 Å². The zero-order valence-corrected chi connectivity index (χ0v) is 12.5. The van der Waals surface area contributed by atoms with E-state index >= 15 is 0 Å². The highest BCUT2D eigenvalue weighted by Crippen LogP contribution is 2.29. The molecule has 22 heavy (non-hydrogen) atoms. The average Bonchev–Trinajstić information content (AvgIpc) is 2.85. The molecule has 0 aliphatic heterocycles. The molecule has 10 heteroatoms. The number of hydrogen-bond acceptors (Lipinski definition) is 4. The summed E-state index contributed by atoms with van der Waals surface area (Å²) in [5, 5.41) is 3.92. The Balaban J connectivity index is 2.33. The van der Waals surface area contributed by atoms with Gasteiger partial charge >= 0.3 is 6.18 Å². The normalized spacial score (nSPS) is 14.0. The summed E-state index contributed by atoms with van der Waals surface area (Å²) in [4.78, 5) is 3.95. The summed E-state index contributed by atoms with van der Waals surface area (Å²) in [6.45, 7) is 1.56. The van der Waals surface area contributed by atoms with Crippen molar-refractivity contribution in [2.75, 3.05) is 6.26 Å². The van der Waals surface area contributed by atoms with Gasteiger partial charge in [0.05, 0.1) is 23.5 Å². The van der Waals surface area contributed by atoms with Crippen LogP contribution in [0.25, 0.3) is 5.69 Å². The van der Waals surface area contributed by atoms with Gasteiger partial charge in [0.2, 0.25) is 10.0 Å². The SMILES string of the molecule is C[C@H](NS(C)(=O)=O)c1ncnn1-c1ccc(C(F)(F)F)cc1. The van der Waals surface area contributed by atoms with Crippen molar-refractivity contribution in [2.45, 2.75) is 19.1 Å². The first-order valence-electron chi connectivity index (χ1n) is 6.13. The Hall–Kier alpha value is -1.94. The van der Waals surface area contributed by atoms with E-state index in [2.05, 4.69) is 14.8 Å². The molecule has 1 aromatic carbocycles. The van der Waals surface area contributed by atoms with Gasteiger partial charge in [-0.1, -0.05) is 0 Å². The molecule has 0 saturated carbocycles. The quantitative estimate of drug-likeness (QED) is 0.926. The molecule has 6 nitrogen and oxygen atoms in total. The van der Waals surface area contributed by atoms with Crippen molar-refractivity contribution in [3.05, 3.63) is 42.0 Å². The van der Waals surface area contributed by atoms with Gasteiger partial charge in [-0.25, -0.2) is 22.8 Å². The van der Waals surface area contributed by atoms with Gasteiger partial charge in [0.15, 0.2) is 0 Å². The molecule has 0 amide bonds. The largest absolute Gasteiger partial charge is 0.416 e. The summed E-state index contributed by atoms with van der Waals surface area (Å²) in [5.74, 6) is 0.269. The van der Waals surface area contributed by atoms with Crippen LogP contribution >= 0.6 is 0 Å². The number of nitrogens with one attached hydrogen (secondary N) is 1. The zero-order chi connectivity index (χ0) is 16.5. The molecule has 2 rings (SSSR count). The van der Waals surface area contributed by atoms with Crippen LogP contribution in [0.4, 0.5) is 13.2 Å². The Morgan fingerprint density at radius 1 is 1.23 bits per heavy atom. The lowest BCUT2D eigenvalue weighted by atomic mass is 10.2. The molecular weight excluding hydrogens is 321 g/mol. The van der Waals surface area contributed by atoms with Gasteiger partial charge in [0.1, 0.15) is 12.2 Å². The first kappa shape index (κ1) is 16.4. The van der Waals surface area contributed by atoms with Gasteiger partial charge < -0.3 is 0 Å². The number of benzene rings is 1. The van der Waals surface area contributed by atoms with E-state index in [1.165, 1.54) is 23.1 Å². The van der Waals surface area contributed by atoms with Crippen LogP contribution in [-0.2, 0) is 16.2 Å². The maximum Gasteiger partial charge on any atom is 0.416 e. The fraction of sp³-hybridized carbons (Fsp3) is 0.333. The second-order valence-electron chi connectivity index (χ2n) is 4.69. The smallest absolute Gasteiger partial charge is 0.218 e. The molecule has 0 aliphatic carbocycles. The second kappa shape index (κ2) is 5.69. The number of aromatic nitrogens is 3. The molecule has 0 unspecified atom stereocenters. The molecule has 0 saturated heterocycles. The van der Waals surface area contributed by atoms with E-state index in [9.17, 15) is 21.6 Å². The minimum absolute atomic E-state index is 0.269. The lowest BCUT2D eigenvalue weighted by Crippen LogP contribution is -2.27. The van der Waals surface area contributed by atoms with E-state index in [1.54, 1.807) is 6.92 Å². The van der Waals surface area contributed by atoms with Crippen LogP contribution in [-0.4, -0.2) is 29.4 Å². The number of alkyl halides is 3. The summed E-state index contributed by atoms with van der Waals surface area (Å²) in [5.41, 5.74) is -0.428. The molecule has 0 radical (unpaired) electrons. The van der Waals surface area contributed by atoms with Crippen molar-refractivity contribution < 1.29 is 21.6 Å². The molecule has 1 aromatic heterocycles. The number of rotatable bonds is 4. The van der Waals surface area contributed by atoms with Crippen LogP contribution in [0.2, 0.25) is 0 Å². The van der Waals surface area contributed by atoms with Crippen LogP contribution < -0.4 is 4.72 Å². The maximum absolute atomic E-state index is 12.5. The van der Waals surface area contributed by atoms with Gasteiger partial charge in [0.25, 0.3) is 0 Å². The van der Waals surface area contributed by atoms with E-state index in [0.29, 0.717) is 5.69 Å². The Bertz CT molecular complexity index is 753. The molecule has 0 fully saturated rings. The Morgan fingerprint density at radius 3 is 2.32 bits per heavy atom. The van der Waals surface area contributed by atoms with E-state index in [1.807, 2.05) is 0 Å². The van der Waals surface area contributed by atoms with Crippen molar-refractivity contribution in [3.63, 3.8) is 0 Å². The fourth-order valence-electron chi connectivity index (χ4n) is 1.91. The number of sulfonamides is 1. The highest BCUT2D eigenvalue weighted by atomic mass is 32.2. The number of halogens is 3. The molecule has 0 bridgehead atoms. The van der Waals surface area contributed by atoms with Crippen LogP contribution in [0.5, 0.6) is 0 Å². The minimum atomic E-state index is -4.42. The standard InChI is InChI=1S/C12H13F3N4O2S/c1-8(18-22(2,20)21)11-16-7-17-19(11)10-5-3-9(4-6-10)12(13,14)15/h3-8,18H,1-2H3/t8-/m0/s1. The molecule has 1 heterocycles. The molecule has 120 valence electrons. The van der Waals surface area contributed by atoms with Crippen molar-refractivity contribution >= 4 is 10.0 Å². The van der Waals surface area contributed by atoms with Crippen LogP contribution in [0.1, 0.15) is 24.4 Å². The monoisotopic (exact) mass is 334 g/mol. The summed E-state index contributed by atoms with van der Waals surface area (Å²) in [6.07, 6.45) is -2.22. The minimum Gasteiger partial charge on any atom is -0.218 e. The molecule has 0 spiro atoms. The Labute approximate surface area is 125 Å². The summed E-state index contributed by atoms with van der Waals surface area (Å²) >= 11 is 0. The summed E-state index contributed by atoms with van der Waals surface area (Å²) in [7, 11) is -3.45. The maximum atomic E-state index is 12.5. The fourth-order valence-corrected chi connectivity index (χ4v) is 2.66. The Morgan fingerprint density at radius 2 is 1.82 bits per heavy atom. The van der Waals surface area contributed by atoms with Gasteiger partial charge in [-0.2, -0.15) is 18.3 Å². The van der Waals surface area contributed by atoms with Crippen LogP contribution in [0.15, 0.2) is 30.6 Å². The second-order valence-corrected chi connectivity index (χ2v) is 6.47. The van der Waals surface area contributed by atoms with Crippen molar-refractivity contribution in [3.8, 4) is 5.69 Å². The number of hydrogen-bond donors (Lipinski definition) is 1. The lowest BCUT2D eigenvalue weighted by molar-refractivity contribution is -0.137. The first-order chi connectivity index (χ1) is 10.1. The predicted octanol–water partition coefficient (Wildman–Crippen LogP) is 1.90. The first-order valence-corrected chi connectivity index (χ1v) is 8.02. The molecule has 2 aromatic rings. The highest BCUT2D eigenvalue weighted by Gasteiger charge is 2.30. The number of nitrogens with zero attached hydrogens (tertiary/aromatic N) is 3. The molecule has 1 atom stereocenters. The van der Waals surface area contributed by atoms with Gasteiger partial charge in [0, 0.05) is 0 Å². The van der Waals surface area contributed by atoms with Gasteiger partial charge in [-0.3, -0.25) is 0 Å².